The van der Waals surface area contributed by atoms with E-state index in [1.807, 2.05) is 0 Å². The molecule has 1 aromatic carbocycles. The second kappa shape index (κ2) is 9.62. The van der Waals surface area contributed by atoms with Crippen LogP contribution in [0.15, 0.2) is 29.2 Å². The molecule has 1 aromatic heterocycles. The Labute approximate surface area is 196 Å². The SMILES string of the molecule is NC(=O)c1c(NC(=O)COC(=O)c2cccc(S(=O)(=O)N3CCCCC3)c2)sc2c1CCC2. The molecule has 0 atom stereocenters. The lowest BCUT2D eigenvalue weighted by molar-refractivity contribution is -0.119. The first kappa shape index (κ1) is 23.4. The van der Waals surface area contributed by atoms with Crippen LogP contribution < -0.4 is 11.1 Å². The monoisotopic (exact) mass is 491 g/mol. The molecule has 0 saturated carbocycles. The molecule has 3 N–H and O–H groups in total. The number of thiophene rings is 1. The van der Waals surface area contributed by atoms with Crippen LogP contribution in [0.4, 0.5) is 5.00 Å². The van der Waals surface area contributed by atoms with E-state index in [-0.39, 0.29) is 10.5 Å². The fourth-order valence-electron chi connectivity index (χ4n) is 4.17. The van der Waals surface area contributed by atoms with Crippen molar-refractivity contribution in [3.05, 3.63) is 45.8 Å². The number of nitrogens with one attached hydrogen (secondary N) is 1. The van der Waals surface area contributed by atoms with Gasteiger partial charge in [-0.2, -0.15) is 4.31 Å². The molecule has 9 nitrogen and oxygen atoms in total. The molecule has 2 amide bonds. The summed E-state index contributed by atoms with van der Waals surface area (Å²) in [5.74, 6) is -2.03. The van der Waals surface area contributed by atoms with E-state index in [0.717, 1.165) is 49.0 Å². The van der Waals surface area contributed by atoms with Crippen molar-refractivity contribution in [3.63, 3.8) is 0 Å². The van der Waals surface area contributed by atoms with Crippen molar-refractivity contribution in [1.82, 2.24) is 4.31 Å². The molecule has 1 fully saturated rings. The number of sulfonamides is 1. The molecular weight excluding hydrogens is 466 g/mol. The number of carbonyl (C=O) groups excluding carboxylic acids is 3. The maximum absolute atomic E-state index is 12.9. The van der Waals surface area contributed by atoms with E-state index < -0.39 is 34.4 Å². The summed E-state index contributed by atoms with van der Waals surface area (Å²) in [4.78, 5) is 37.7. The minimum absolute atomic E-state index is 0.0162. The number of nitrogens with zero attached hydrogens (tertiary/aromatic N) is 1. The summed E-state index contributed by atoms with van der Waals surface area (Å²) in [6.45, 7) is 0.329. The molecule has 11 heteroatoms. The van der Waals surface area contributed by atoms with Crippen LogP contribution >= 0.6 is 11.3 Å². The number of hydrogen-bond donors (Lipinski definition) is 2. The number of primary amides is 1. The molecule has 2 heterocycles. The number of amides is 2. The zero-order valence-electron chi connectivity index (χ0n) is 18.0. The third-order valence-corrected chi connectivity index (χ3v) is 8.88. The van der Waals surface area contributed by atoms with Gasteiger partial charge in [-0.3, -0.25) is 9.59 Å². The van der Waals surface area contributed by atoms with Gasteiger partial charge in [0.05, 0.1) is 16.0 Å². The molecular formula is C22H25N3O6S2. The third-order valence-electron chi connectivity index (χ3n) is 5.78. The summed E-state index contributed by atoms with van der Waals surface area (Å²) in [5.41, 5.74) is 6.73. The molecule has 4 rings (SSSR count). The minimum atomic E-state index is -3.70. The Kier molecular flexibility index (Phi) is 6.82. The van der Waals surface area contributed by atoms with Gasteiger partial charge in [-0.25, -0.2) is 13.2 Å². The fraction of sp³-hybridized carbons (Fsp3) is 0.409. The number of hydrogen-bond acceptors (Lipinski definition) is 7. The molecule has 1 saturated heterocycles. The van der Waals surface area contributed by atoms with Gasteiger partial charge in [0.25, 0.3) is 11.8 Å². The normalized spacial score (nSPS) is 16.2. The third kappa shape index (κ3) is 4.94. The molecule has 0 bridgehead atoms. The second-order valence-corrected chi connectivity index (χ2v) is 11.1. The molecule has 1 aliphatic heterocycles. The number of carbonyl (C=O) groups is 3. The van der Waals surface area contributed by atoms with Gasteiger partial charge in [-0.1, -0.05) is 12.5 Å². The van der Waals surface area contributed by atoms with Gasteiger partial charge in [0, 0.05) is 18.0 Å². The minimum Gasteiger partial charge on any atom is -0.452 e. The molecule has 2 aliphatic rings. The topological polar surface area (TPSA) is 136 Å². The maximum atomic E-state index is 12.9. The van der Waals surface area contributed by atoms with Gasteiger partial charge in [0.15, 0.2) is 6.61 Å². The van der Waals surface area contributed by atoms with Crippen LogP contribution in [0.5, 0.6) is 0 Å². The van der Waals surface area contributed by atoms with Gasteiger partial charge in [-0.15, -0.1) is 11.3 Å². The van der Waals surface area contributed by atoms with Crippen LogP contribution in [0.25, 0.3) is 0 Å². The largest absolute Gasteiger partial charge is 0.452 e. The van der Waals surface area contributed by atoms with Crippen molar-refractivity contribution < 1.29 is 27.5 Å². The van der Waals surface area contributed by atoms with Crippen molar-refractivity contribution in [2.75, 3.05) is 25.0 Å². The van der Waals surface area contributed by atoms with Crippen molar-refractivity contribution in [3.8, 4) is 0 Å². The number of rotatable bonds is 7. The average molecular weight is 492 g/mol. The van der Waals surface area contributed by atoms with Gasteiger partial charge in [0.2, 0.25) is 10.0 Å². The second-order valence-electron chi connectivity index (χ2n) is 8.04. The number of aryl methyl sites for hydroxylation is 1. The number of benzene rings is 1. The van der Waals surface area contributed by atoms with Gasteiger partial charge in [0.1, 0.15) is 5.00 Å². The van der Waals surface area contributed by atoms with Crippen LogP contribution in [-0.2, 0) is 32.4 Å². The summed E-state index contributed by atoms with van der Waals surface area (Å²) in [7, 11) is -3.70. The quantitative estimate of drug-likeness (QED) is 0.571. The van der Waals surface area contributed by atoms with Gasteiger partial charge >= 0.3 is 5.97 Å². The van der Waals surface area contributed by atoms with Crippen LogP contribution in [-0.4, -0.2) is 50.2 Å². The Morgan fingerprint density at radius 1 is 1.09 bits per heavy atom. The molecule has 176 valence electrons. The lowest BCUT2D eigenvalue weighted by Gasteiger charge is -2.25. The first-order valence-electron chi connectivity index (χ1n) is 10.8. The van der Waals surface area contributed by atoms with E-state index in [9.17, 15) is 22.8 Å². The van der Waals surface area contributed by atoms with Crippen molar-refractivity contribution >= 4 is 44.1 Å². The maximum Gasteiger partial charge on any atom is 0.338 e. The Balaban J connectivity index is 1.40. The number of fused-ring (bicyclic) bond motifs is 1. The summed E-state index contributed by atoms with van der Waals surface area (Å²) in [6.07, 6.45) is 5.13. The highest BCUT2D eigenvalue weighted by Crippen LogP contribution is 2.38. The van der Waals surface area contributed by atoms with Crippen LogP contribution in [0, 0.1) is 0 Å². The highest BCUT2D eigenvalue weighted by Gasteiger charge is 2.28. The van der Waals surface area contributed by atoms with E-state index in [0.29, 0.717) is 23.7 Å². The fourth-order valence-corrected chi connectivity index (χ4v) is 7.04. The van der Waals surface area contributed by atoms with E-state index in [2.05, 4.69) is 5.32 Å². The zero-order valence-corrected chi connectivity index (χ0v) is 19.6. The highest BCUT2D eigenvalue weighted by molar-refractivity contribution is 7.89. The number of piperidine rings is 1. The number of esters is 1. The van der Waals surface area contributed by atoms with Crippen LogP contribution in [0.3, 0.4) is 0 Å². The first-order valence-corrected chi connectivity index (χ1v) is 13.0. The lowest BCUT2D eigenvalue weighted by atomic mass is 10.1. The number of nitrogens with two attached hydrogens (primary N) is 1. The lowest BCUT2D eigenvalue weighted by Crippen LogP contribution is -2.35. The van der Waals surface area contributed by atoms with Crippen molar-refractivity contribution in [2.24, 2.45) is 5.73 Å². The molecule has 0 spiro atoms. The van der Waals surface area contributed by atoms with E-state index >= 15 is 0 Å². The molecule has 1 aliphatic carbocycles. The van der Waals surface area contributed by atoms with Crippen molar-refractivity contribution in [2.45, 2.75) is 43.4 Å². The Morgan fingerprint density at radius 2 is 1.85 bits per heavy atom. The smallest absolute Gasteiger partial charge is 0.338 e. The summed E-state index contributed by atoms with van der Waals surface area (Å²) in [6, 6.07) is 5.61. The van der Waals surface area contributed by atoms with Crippen LogP contribution in [0.2, 0.25) is 0 Å². The Bertz CT molecular complexity index is 1200. The standard InChI is InChI=1S/C22H25N3O6S2/c23-20(27)19-16-8-5-9-17(16)32-21(19)24-18(26)13-31-22(28)14-6-4-7-15(12-14)33(29,30)25-10-2-1-3-11-25/h4,6-7,12H,1-3,5,8-11,13H2,(H2,23,27)(H,24,26). The zero-order chi connectivity index (χ0) is 23.6. The predicted octanol–water partition coefficient (Wildman–Crippen LogP) is 2.31. The van der Waals surface area contributed by atoms with E-state index in [4.69, 9.17) is 10.5 Å². The van der Waals surface area contributed by atoms with Crippen molar-refractivity contribution in [1.29, 1.82) is 0 Å². The average Bonchev–Trinajstić information content (AvgIpc) is 3.38. The Morgan fingerprint density at radius 3 is 2.58 bits per heavy atom. The molecule has 33 heavy (non-hydrogen) atoms. The number of ether oxygens (including phenoxy) is 1. The molecule has 0 unspecified atom stereocenters. The predicted molar refractivity (Wildman–Crippen MR) is 123 cm³/mol. The highest BCUT2D eigenvalue weighted by atomic mass is 32.2. The molecule has 2 aromatic rings. The summed E-state index contributed by atoms with van der Waals surface area (Å²) in [5, 5.41) is 2.97. The van der Waals surface area contributed by atoms with Gasteiger partial charge in [-0.05, 0) is 55.9 Å². The van der Waals surface area contributed by atoms with Gasteiger partial charge < -0.3 is 15.8 Å². The summed E-state index contributed by atoms with van der Waals surface area (Å²) >= 11 is 1.31. The number of anilines is 1. The Hall–Kier alpha value is -2.76. The summed E-state index contributed by atoms with van der Waals surface area (Å²) < 4.78 is 32.2. The van der Waals surface area contributed by atoms with E-state index in [1.165, 1.54) is 39.9 Å². The molecule has 0 radical (unpaired) electrons. The first-order chi connectivity index (χ1) is 15.8. The van der Waals surface area contributed by atoms with E-state index in [1.54, 1.807) is 0 Å². The van der Waals surface area contributed by atoms with Crippen LogP contribution in [0.1, 0.15) is 56.8 Å².